The van der Waals surface area contributed by atoms with E-state index in [1.165, 1.54) is 30.2 Å². The number of benzene rings is 1. The third-order valence-corrected chi connectivity index (χ3v) is 5.74. The van der Waals surface area contributed by atoms with E-state index in [1.54, 1.807) is 25.1 Å². The number of aryl methyl sites for hydroxylation is 1. The maximum atomic E-state index is 12.5. The van der Waals surface area contributed by atoms with Crippen LogP contribution in [0.4, 0.5) is 5.69 Å². The van der Waals surface area contributed by atoms with E-state index < -0.39 is 5.25 Å². The second-order valence-corrected chi connectivity index (χ2v) is 8.54. The summed E-state index contributed by atoms with van der Waals surface area (Å²) in [6, 6.07) is 6.79. The van der Waals surface area contributed by atoms with Crippen LogP contribution >= 0.6 is 34.7 Å². The van der Waals surface area contributed by atoms with E-state index in [1.807, 2.05) is 13.0 Å². The molecule has 2 heterocycles. The topological polar surface area (TPSA) is 84.1 Å². The summed E-state index contributed by atoms with van der Waals surface area (Å²) in [7, 11) is 1.52. The van der Waals surface area contributed by atoms with Gasteiger partial charge >= 0.3 is 0 Å². The highest BCUT2D eigenvalue weighted by Crippen LogP contribution is 2.29. The van der Waals surface area contributed by atoms with Crippen molar-refractivity contribution in [3.05, 3.63) is 44.5 Å². The number of hydrogen-bond donors (Lipinski definition) is 2. The number of carbonyl (C=O) groups excluding carboxylic acids is 1. The second kappa shape index (κ2) is 7.69. The van der Waals surface area contributed by atoms with Gasteiger partial charge in [0.1, 0.15) is 10.6 Å². The zero-order valence-corrected chi connectivity index (χ0v) is 16.6. The summed E-state index contributed by atoms with van der Waals surface area (Å²) in [5, 5.41) is 3.77. The molecule has 0 saturated heterocycles. The number of carbonyl (C=O) groups is 1. The summed E-state index contributed by atoms with van der Waals surface area (Å²) in [5.74, 6) is 0.266. The average molecular weight is 410 g/mol. The minimum absolute atomic E-state index is 0.203. The Bertz CT molecular complexity index is 1030. The van der Waals surface area contributed by atoms with Crippen molar-refractivity contribution in [1.29, 1.82) is 0 Å². The number of ether oxygens (including phenoxy) is 1. The summed E-state index contributed by atoms with van der Waals surface area (Å²) in [4.78, 5) is 33.5. The number of aromatic nitrogens is 2. The molecule has 3 rings (SSSR count). The van der Waals surface area contributed by atoms with Crippen LogP contribution in [-0.2, 0) is 4.79 Å². The molecule has 0 aliphatic carbocycles. The van der Waals surface area contributed by atoms with Crippen molar-refractivity contribution < 1.29 is 9.53 Å². The maximum Gasteiger partial charge on any atom is 0.260 e. The SMILES string of the molecule is COc1ccc(Cl)cc1NC(=O)C(C)Sc1nc2sc(C)cc2c(=O)[nH]1. The zero-order valence-electron chi connectivity index (χ0n) is 14.3. The summed E-state index contributed by atoms with van der Waals surface area (Å²) in [6.45, 7) is 3.66. The molecule has 1 aromatic carbocycles. The van der Waals surface area contributed by atoms with Crippen LogP contribution in [0.1, 0.15) is 11.8 Å². The predicted octanol–water partition coefficient (Wildman–Crippen LogP) is 4.07. The average Bonchev–Trinajstić information content (AvgIpc) is 2.96. The fourth-order valence-electron chi connectivity index (χ4n) is 2.32. The molecule has 1 atom stereocenters. The number of anilines is 1. The second-order valence-electron chi connectivity index (χ2n) is 5.54. The molecule has 0 spiro atoms. The third kappa shape index (κ3) is 4.03. The Kier molecular flexibility index (Phi) is 5.55. The number of aromatic amines is 1. The van der Waals surface area contributed by atoms with Crippen molar-refractivity contribution in [1.82, 2.24) is 9.97 Å². The van der Waals surface area contributed by atoms with Crippen LogP contribution in [0.3, 0.4) is 0 Å². The van der Waals surface area contributed by atoms with Crippen LogP contribution in [0.15, 0.2) is 34.2 Å². The summed E-state index contributed by atoms with van der Waals surface area (Å²) in [6.07, 6.45) is 0. The van der Waals surface area contributed by atoms with Gasteiger partial charge in [-0.15, -0.1) is 11.3 Å². The molecule has 0 aliphatic heterocycles. The Hall–Kier alpha value is -2.03. The molecule has 6 nitrogen and oxygen atoms in total. The monoisotopic (exact) mass is 409 g/mol. The Balaban J connectivity index is 1.77. The van der Waals surface area contributed by atoms with Gasteiger partial charge in [-0.25, -0.2) is 4.98 Å². The van der Waals surface area contributed by atoms with Gasteiger partial charge in [0, 0.05) is 9.90 Å². The maximum absolute atomic E-state index is 12.5. The van der Waals surface area contributed by atoms with Gasteiger partial charge in [-0.05, 0) is 38.1 Å². The first-order valence-corrected chi connectivity index (χ1v) is 9.76. The molecular weight excluding hydrogens is 394 g/mol. The molecule has 0 saturated carbocycles. The Morgan fingerprint density at radius 2 is 2.19 bits per heavy atom. The summed E-state index contributed by atoms with van der Waals surface area (Å²) < 4.78 is 5.23. The van der Waals surface area contributed by atoms with Crippen molar-refractivity contribution in [3.8, 4) is 5.75 Å². The molecule has 1 unspecified atom stereocenters. The van der Waals surface area contributed by atoms with Gasteiger partial charge in [-0.3, -0.25) is 9.59 Å². The molecular formula is C17H16ClN3O3S2. The first-order chi connectivity index (χ1) is 12.4. The molecule has 9 heteroatoms. The van der Waals surface area contributed by atoms with Crippen molar-refractivity contribution in [2.75, 3.05) is 12.4 Å². The zero-order chi connectivity index (χ0) is 18.8. The number of nitrogens with zero attached hydrogens (tertiary/aromatic N) is 1. The fourth-order valence-corrected chi connectivity index (χ4v) is 4.23. The summed E-state index contributed by atoms with van der Waals surface area (Å²) >= 11 is 8.61. The van der Waals surface area contributed by atoms with E-state index in [0.717, 1.165) is 4.88 Å². The van der Waals surface area contributed by atoms with E-state index in [9.17, 15) is 9.59 Å². The van der Waals surface area contributed by atoms with E-state index in [4.69, 9.17) is 16.3 Å². The molecule has 136 valence electrons. The molecule has 0 aliphatic rings. The Labute approximate surface area is 162 Å². The van der Waals surface area contributed by atoms with Gasteiger partial charge in [0.25, 0.3) is 5.56 Å². The normalized spacial score (nSPS) is 12.2. The van der Waals surface area contributed by atoms with Gasteiger partial charge in [-0.1, -0.05) is 23.4 Å². The van der Waals surface area contributed by atoms with E-state index in [0.29, 0.717) is 31.8 Å². The number of amides is 1. The van der Waals surface area contributed by atoms with Crippen LogP contribution in [0.25, 0.3) is 10.2 Å². The van der Waals surface area contributed by atoms with Crippen molar-refractivity contribution in [3.63, 3.8) is 0 Å². The van der Waals surface area contributed by atoms with E-state index in [2.05, 4.69) is 15.3 Å². The van der Waals surface area contributed by atoms with Crippen LogP contribution in [0, 0.1) is 6.92 Å². The molecule has 1 amide bonds. The van der Waals surface area contributed by atoms with Gasteiger partial charge < -0.3 is 15.0 Å². The van der Waals surface area contributed by atoms with Crippen molar-refractivity contribution in [2.45, 2.75) is 24.3 Å². The highest BCUT2D eigenvalue weighted by Gasteiger charge is 2.19. The standard InChI is InChI=1S/C17H16ClN3O3S2/c1-8-6-11-15(23)20-17(21-16(11)25-8)26-9(2)14(22)19-12-7-10(18)4-5-13(12)24-3/h4-7,9H,1-3H3,(H,19,22)(H,20,21,23). The van der Waals surface area contributed by atoms with Crippen molar-refractivity contribution in [2.24, 2.45) is 0 Å². The molecule has 2 N–H and O–H groups in total. The van der Waals surface area contributed by atoms with Crippen LogP contribution in [-0.4, -0.2) is 28.2 Å². The van der Waals surface area contributed by atoms with Crippen LogP contribution in [0.2, 0.25) is 5.02 Å². The predicted molar refractivity (Wildman–Crippen MR) is 107 cm³/mol. The lowest BCUT2D eigenvalue weighted by Crippen LogP contribution is -2.23. The number of methoxy groups -OCH3 is 1. The minimum atomic E-state index is -0.486. The number of thioether (sulfide) groups is 1. The quantitative estimate of drug-likeness (QED) is 0.490. The number of halogens is 1. The molecule has 0 bridgehead atoms. The number of rotatable bonds is 5. The van der Waals surface area contributed by atoms with E-state index >= 15 is 0 Å². The first-order valence-electron chi connectivity index (χ1n) is 7.69. The number of thiophene rings is 1. The molecule has 2 aromatic heterocycles. The summed E-state index contributed by atoms with van der Waals surface area (Å²) in [5.41, 5.74) is 0.286. The lowest BCUT2D eigenvalue weighted by molar-refractivity contribution is -0.115. The van der Waals surface area contributed by atoms with Gasteiger partial charge in [0.15, 0.2) is 5.16 Å². The number of hydrogen-bond acceptors (Lipinski definition) is 6. The minimum Gasteiger partial charge on any atom is -0.495 e. The van der Waals surface area contributed by atoms with Crippen LogP contribution < -0.4 is 15.6 Å². The molecule has 3 aromatic rings. The molecule has 26 heavy (non-hydrogen) atoms. The highest BCUT2D eigenvalue weighted by molar-refractivity contribution is 8.00. The lowest BCUT2D eigenvalue weighted by Gasteiger charge is -2.14. The Morgan fingerprint density at radius 3 is 2.92 bits per heavy atom. The van der Waals surface area contributed by atoms with E-state index in [-0.39, 0.29) is 11.5 Å². The Morgan fingerprint density at radius 1 is 1.42 bits per heavy atom. The lowest BCUT2D eigenvalue weighted by atomic mass is 10.3. The van der Waals surface area contributed by atoms with Crippen molar-refractivity contribution >= 4 is 56.5 Å². The third-order valence-electron chi connectivity index (χ3n) is 3.58. The molecule has 0 radical (unpaired) electrons. The molecule has 0 fully saturated rings. The smallest absolute Gasteiger partial charge is 0.260 e. The first kappa shape index (κ1) is 18.8. The van der Waals surface area contributed by atoms with Crippen LogP contribution in [0.5, 0.6) is 5.75 Å². The largest absolute Gasteiger partial charge is 0.495 e. The van der Waals surface area contributed by atoms with Gasteiger partial charge in [0.2, 0.25) is 5.91 Å². The number of nitrogens with one attached hydrogen (secondary N) is 2. The van der Waals surface area contributed by atoms with Gasteiger partial charge in [0.05, 0.1) is 23.4 Å². The highest BCUT2D eigenvalue weighted by atomic mass is 35.5. The number of H-pyrrole nitrogens is 1. The van der Waals surface area contributed by atoms with Gasteiger partial charge in [-0.2, -0.15) is 0 Å². The fraction of sp³-hybridized carbons (Fsp3) is 0.235. The number of fused-ring (bicyclic) bond motifs is 1.